The Labute approximate surface area is 294 Å². The molecule has 0 amide bonds. The Bertz CT molecular complexity index is 2200. The number of rotatable bonds is 9. The zero-order valence-electron chi connectivity index (χ0n) is 29.2. The summed E-state index contributed by atoms with van der Waals surface area (Å²) in [6.45, 7) is 8.73. The van der Waals surface area contributed by atoms with Gasteiger partial charge in [0.05, 0.1) is 45.4 Å². The molecule has 6 aromatic rings. The third-order valence-electron chi connectivity index (χ3n) is 9.59. The number of ether oxygens (including phenoxy) is 2. The molecule has 6 nitrogen and oxygen atoms in total. The molecule has 2 aliphatic rings. The van der Waals surface area contributed by atoms with Crippen molar-refractivity contribution in [2.75, 3.05) is 10.2 Å². The standard InChI is InChI=1S/C44H42N4O2/c1-5-7-13-30-18-20-37-35(26-30)47-42-39(49-37)27-31(14-8-6-2)43(41(42)34-16-10-12-22-46-34)48-36-24-28(3)17-19-38(36)50-40-25-29(4)23-32(44(40)48)33-15-9-11-21-45-33/h9-12,15-27,47H,5-8,13-14H2,1-4H3. The number of aromatic nitrogens is 2. The van der Waals surface area contributed by atoms with Crippen molar-refractivity contribution in [2.24, 2.45) is 0 Å². The molecule has 4 heterocycles. The maximum absolute atomic E-state index is 6.79. The van der Waals surface area contributed by atoms with Crippen LogP contribution in [0.2, 0.25) is 0 Å². The van der Waals surface area contributed by atoms with Crippen LogP contribution in [-0.2, 0) is 12.8 Å². The second-order valence-corrected chi connectivity index (χ2v) is 13.4. The second-order valence-electron chi connectivity index (χ2n) is 13.4. The van der Waals surface area contributed by atoms with Gasteiger partial charge in [0, 0.05) is 18.0 Å². The maximum Gasteiger partial charge on any atom is 0.152 e. The van der Waals surface area contributed by atoms with E-state index in [-0.39, 0.29) is 0 Å². The fraction of sp³-hybridized carbons (Fsp3) is 0.227. The highest BCUT2D eigenvalue weighted by Gasteiger charge is 2.36. The summed E-state index contributed by atoms with van der Waals surface area (Å²) in [6.07, 6.45) is 10.0. The van der Waals surface area contributed by atoms with Gasteiger partial charge >= 0.3 is 0 Å². The van der Waals surface area contributed by atoms with Gasteiger partial charge in [-0.25, -0.2) is 0 Å². The Kier molecular flexibility index (Phi) is 8.45. The molecule has 2 aliphatic heterocycles. The molecule has 0 saturated carbocycles. The van der Waals surface area contributed by atoms with Gasteiger partial charge in [0.2, 0.25) is 0 Å². The van der Waals surface area contributed by atoms with Crippen molar-refractivity contribution in [1.82, 2.24) is 9.97 Å². The molecule has 0 radical (unpaired) electrons. The first kappa shape index (κ1) is 31.6. The van der Waals surface area contributed by atoms with Gasteiger partial charge in [-0.15, -0.1) is 0 Å². The molecule has 0 unspecified atom stereocenters. The summed E-state index contributed by atoms with van der Waals surface area (Å²) in [6, 6.07) is 31.8. The van der Waals surface area contributed by atoms with E-state index in [0.717, 1.165) is 124 Å². The molecule has 0 spiro atoms. The quantitative estimate of drug-likeness (QED) is 0.167. The molecule has 6 heteroatoms. The molecular weight excluding hydrogens is 617 g/mol. The number of unbranched alkanes of at least 4 members (excludes halogenated alkanes) is 2. The molecule has 0 aliphatic carbocycles. The van der Waals surface area contributed by atoms with Gasteiger partial charge in [-0.1, -0.05) is 51.0 Å². The summed E-state index contributed by atoms with van der Waals surface area (Å²) >= 11 is 0. The lowest BCUT2D eigenvalue weighted by Gasteiger charge is -2.38. The molecule has 250 valence electrons. The number of hydrogen-bond acceptors (Lipinski definition) is 6. The van der Waals surface area contributed by atoms with Crippen molar-refractivity contribution in [1.29, 1.82) is 0 Å². The van der Waals surface area contributed by atoms with Crippen molar-refractivity contribution in [3.8, 4) is 45.5 Å². The van der Waals surface area contributed by atoms with Crippen LogP contribution in [0.4, 0.5) is 28.4 Å². The van der Waals surface area contributed by atoms with Crippen LogP contribution in [0.25, 0.3) is 22.5 Å². The molecule has 0 atom stereocenters. The van der Waals surface area contributed by atoms with Gasteiger partial charge in [-0.05, 0) is 129 Å². The van der Waals surface area contributed by atoms with Crippen LogP contribution in [0, 0.1) is 13.8 Å². The van der Waals surface area contributed by atoms with E-state index in [1.54, 1.807) is 0 Å². The van der Waals surface area contributed by atoms with E-state index in [9.17, 15) is 0 Å². The van der Waals surface area contributed by atoms with E-state index in [2.05, 4.69) is 111 Å². The number of nitrogens with one attached hydrogen (secondary N) is 1. The third kappa shape index (κ3) is 5.75. The van der Waals surface area contributed by atoms with Crippen molar-refractivity contribution in [3.63, 3.8) is 0 Å². The predicted octanol–water partition coefficient (Wildman–Crippen LogP) is 12.5. The summed E-state index contributed by atoms with van der Waals surface area (Å²) in [7, 11) is 0. The van der Waals surface area contributed by atoms with E-state index >= 15 is 0 Å². The van der Waals surface area contributed by atoms with E-state index in [1.165, 1.54) is 11.1 Å². The minimum atomic E-state index is 0.795. The Balaban J connectivity index is 1.45. The van der Waals surface area contributed by atoms with Crippen LogP contribution < -0.4 is 19.7 Å². The fourth-order valence-electron chi connectivity index (χ4n) is 7.16. The zero-order chi connectivity index (χ0) is 34.2. The topological polar surface area (TPSA) is 59.5 Å². The molecule has 0 fully saturated rings. The number of anilines is 5. The highest BCUT2D eigenvalue weighted by Crippen LogP contribution is 2.60. The van der Waals surface area contributed by atoms with Crippen LogP contribution >= 0.6 is 0 Å². The minimum Gasteiger partial charge on any atom is -0.453 e. The molecule has 1 N–H and O–H groups in total. The maximum atomic E-state index is 6.79. The largest absolute Gasteiger partial charge is 0.453 e. The number of nitrogens with zero attached hydrogens (tertiary/aromatic N) is 3. The zero-order valence-corrected chi connectivity index (χ0v) is 29.2. The average molecular weight is 659 g/mol. The first-order valence-electron chi connectivity index (χ1n) is 17.9. The van der Waals surface area contributed by atoms with Crippen molar-refractivity contribution in [3.05, 3.63) is 126 Å². The highest BCUT2D eigenvalue weighted by atomic mass is 16.5. The summed E-state index contributed by atoms with van der Waals surface area (Å²) in [4.78, 5) is 12.3. The predicted molar refractivity (Wildman–Crippen MR) is 204 cm³/mol. The number of hydrogen-bond donors (Lipinski definition) is 1. The molecule has 0 saturated heterocycles. The molecule has 2 aromatic heterocycles. The van der Waals surface area contributed by atoms with Gasteiger partial charge in [0.1, 0.15) is 0 Å². The molecule has 8 rings (SSSR count). The van der Waals surface area contributed by atoms with Crippen molar-refractivity contribution < 1.29 is 9.47 Å². The second kappa shape index (κ2) is 13.4. The van der Waals surface area contributed by atoms with Crippen LogP contribution in [0.3, 0.4) is 0 Å². The van der Waals surface area contributed by atoms with E-state index in [1.807, 2.05) is 30.6 Å². The highest BCUT2D eigenvalue weighted by molar-refractivity contribution is 6.04. The number of benzene rings is 4. The SMILES string of the molecule is CCCCc1ccc2c(c1)Nc1c(cc(CCCC)c(N3c4cc(C)ccc4Oc4cc(C)cc(-c5ccccn5)c43)c1-c1ccccn1)O2. The van der Waals surface area contributed by atoms with Gasteiger partial charge in [0.25, 0.3) is 0 Å². The van der Waals surface area contributed by atoms with Crippen molar-refractivity contribution >= 4 is 28.4 Å². The van der Waals surface area contributed by atoms with Crippen LogP contribution in [0.5, 0.6) is 23.0 Å². The summed E-state index contributed by atoms with van der Waals surface area (Å²) < 4.78 is 13.6. The number of pyridine rings is 2. The molecule has 4 aromatic carbocycles. The van der Waals surface area contributed by atoms with Crippen LogP contribution in [-0.4, -0.2) is 9.97 Å². The lowest BCUT2D eigenvalue weighted by Crippen LogP contribution is -2.21. The normalized spacial score (nSPS) is 12.5. The van der Waals surface area contributed by atoms with E-state index in [4.69, 9.17) is 19.4 Å². The summed E-state index contributed by atoms with van der Waals surface area (Å²) in [5.41, 5.74) is 13.4. The van der Waals surface area contributed by atoms with Gasteiger partial charge < -0.3 is 19.7 Å². The Morgan fingerprint density at radius 3 is 2.14 bits per heavy atom. The lowest BCUT2D eigenvalue weighted by atomic mass is 9.92. The van der Waals surface area contributed by atoms with Gasteiger partial charge in [0.15, 0.2) is 23.0 Å². The smallest absolute Gasteiger partial charge is 0.152 e. The molecule has 0 bridgehead atoms. The van der Waals surface area contributed by atoms with Crippen molar-refractivity contribution in [2.45, 2.75) is 66.2 Å². The molecule has 50 heavy (non-hydrogen) atoms. The average Bonchev–Trinajstić information content (AvgIpc) is 3.14. The van der Waals surface area contributed by atoms with Crippen LogP contribution in [0.1, 0.15) is 61.8 Å². The first-order valence-corrected chi connectivity index (χ1v) is 17.9. The molecular formula is C44H42N4O2. The third-order valence-corrected chi connectivity index (χ3v) is 9.59. The van der Waals surface area contributed by atoms with E-state index in [0.29, 0.717) is 0 Å². The summed E-state index contributed by atoms with van der Waals surface area (Å²) in [5.74, 6) is 3.25. The number of fused-ring (bicyclic) bond motifs is 4. The minimum absolute atomic E-state index is 0.795. The van der Waals surface area contributed by atoms with Gasteiger partial charge in [-0.2, -0.15) is 0 Å². The Hall–Kier alpha value is -5.62. The first-order chi connectivity index (χ1) is 24.5. The lowest BCUT2D eigenvalue weighted by molar-refractivity contribution is 0.476. The monoisotopic (exact) mass is 658 g/mol. The number of aryl methyl sites for hydroxylation is 4. The fourth-order valence-corrected chi connectivity index (χ4v) is 7.16. The summed E-state index contributed by atoms with van der Waals surface area (Å²) in [5, 5.41) is 3.87. The van der Waals surface area contributed by atoms with E-state index < -0.39 is 0 Å². The Morgan fingerprint density at radius 1 is 0.640 bits per heavy atom. The Morgan fingerprint density at radius 2 is 1.38 bits per heavy atom. The van der Waals surface area contributed by atoms with Gasteiger partial charge in [-0.3, -0.25) is 9.97 Å². The van der Waals surface area contributed by atoms with Crippen LogP contribution in [0.15, 0.2) is 103 Å².